The van der Waals surface area contributed by atoms with Crippen LogP contribution in [0, 0.1) is 0 Å². The number of amides is 1. The normalized spacial score (nSPS) is 11.5. The Balaban J connectivity index is 1.84. The molecule has 0 saturated carbocycles. The van der Waals surface area contributed by atoms with E-state index >= 15 is 0 Å². The molecule has 1 amide bonds. The Morgan fingerprint density at radius 3 is 2.29 bits per heavy atom. The number of esters is 1. The molecule has 24 heavy (non-hydrogen) atoms. The van der Waals surface area contributed by atoms with E-state index in [0.29, 0.717) is 5.56 Å². The number of ether oxygens (including phenoxy) is 1. The summed E-state index contributed by atoms with van der Waals surface area (Å²) in [6.45, 7) is 2.09. The van der Waals surface area contributed by atoms with E-state index in [-0.39, 0.29) is 24.5 Å². The maximum atomic E-state index is 12.0. The molecule has 0 bridgehead atoms. The van der Waals surface area contributed by atoms with Gasteiger partial charge in [0.2, 0.25) is 5.91 Å². The first-order valence-corrected chi connectivity index (χ1v) is 8.26. The Morgan fingerprint density at radius 2 is 1.71 bits per heavy atom. The van der Waals surface area contributed by atoms with Gasteiger partial charge in [-0.25, -0.2) is 4.79 Å². The SMILES string of the molecule is COC(=O)c1ccc(NCC(=O)NC(C)c2ccc(Br)cc2)cc1. The zero-order chi connectivity index (χ0) is 17.5. The van der Waals surface area contributed by atoms with E-state index in [0.717, 1.165) is 15.7 Å². The summed E-state index contributed by atoms with van der Waals surface area (Å²) in [4.78, 5) is 23.4. The lowest BCUT2D eigenvalue weighted by atomic mass is 10.1. The molecular weight excluding hydrogens is 372 g/mol. The number of benzene rings is 2. The molecule has 0 spiro atoms. The van der Waals surface area contributed by atoms with Crippen molar-refractivity contribution in [3.8, 4) is 0 Å². The smallest absolute Gasteiger partial charge is 0.337 e. The van der Waals surface area contributed by atoms with Crippen LogP contribution in [0.2, 0.25) is 0 Å². The molecule has 0 heterocycles. The largest absolute Gasteiger partial charge is 0.465 e. The van der Waals surface area contributed by atoms with Crippen molar-refractivity contribution in [2.45, 2.75) is 13.0 Å². The molecule has 0 saturated heterocycles. The standard InChI is InChI=1S/C18H19BrN2O3/c1-12(13-3-7-15(19)8-4-13)21-17(22)11-20-16-9-5-14(6-10-16)18(23)24-2/h3-10,12,20H,11H2,1-2H3,(H,21,22). The lowest BCUT2D eigenvalue weighted by Crippen LogP contribution is -2.32. The fourth-order valence-electron chi connectivity index (χ4n) is 2.15. The first-order valence-electron chi connectivity index (χ1n) is 7.46. The van der Waals surface area contributed by atoms with Gasteiger partial charge in [0.25, 0.3) is 0 Å². The molecule has 126 valence electrons. The van der Waals surface area contributed by atoms with E-state index < -0.39 is 0 Å². The van der Waals surface area contributed by atoms with Gasteiger partial charge in [0.15, 0.2) is 0 Å². The summed E-state index contributed by atoms with van der Waals surface area (Å²) in [5.74, 6) is -0.495. The third kappa shape index (κ3) is 5.09. The van der Waals surface area contributed by atoms with Crippen molar-refractivity contribution in [1.29, 1.82) is 0 Å². The third-order valence-electron chi connectivity index (χ3n) is 3.51. The lowest BCUT2D eigenvalue weighted by molar-refractivity contribution is -0.120. The van der Waals surface area contributed by atoms with Crippen LogP contribution in [-0.4, -0.2) is 25.5 Å². The summed E-state index contributed by atoms with van der Waals surface area (Å²) in [6, 6.07) is 14.5. The highest BCUT2D eigenvalue weighted by Gasteiger charge is 2.10. The number of nitrogens with one attached hydrogen (secondary N) is 2. The van der Waals surface area contributed by atoms with Crippen LogP contribution >= 0.6 is 15.9 Å². The first kappa shape index (κ1) is 18.0. The van der Waals surface area contributed by atoms with Gasteiger partial charge in [-0.1, -0.05) is 28.1 Å². The number of halogens is 1. The van der Waals surface area contributed by atoms with Gasteiger partial charge >= 0.3 is 5.97 Å². The highest BCUT2D eigenvalue weighted by Crippen LogP contribution is 2.16. The first-order chi connectivity index (χ1) is 11.5. The van der Waals surface area contributed by atoms with Gasteiger partial charge in [-0.05, 0) is 48.9 Å². The Kier molecular flexibility index (Phi) is 6.37. The summed E-state index contributed by atoms with van der Waals surface area (Å²) in [7, 11) is 1.34. The number of methoxy groups -OCH3 is 1. The highest BCUT2D eigenvalue weighted by molar-refractivity contribution is 9.10. The monoisotopic (exact) mass is 390 g/mol. The van der Waals surface area contributed by atoms with Crippen LogP contribution in [0.4, 0.5) is 5.69 Å². The van der Waals surface area contributed by atoms with Gasteiger partial charge in [-0.2, -0.15) is 0 Å². The Hall–Kier alpha value is -2.34. The van der Waals surface area contributed by atoms with Crippen LogP contribution in [0.5, 0.6) is 0 Å². The van der Waals surface area contributed by atoms with Gasteiger partial charge < -0.3 is 15.4 Å². The molecule has 0 aromatic heterocycles. The minimum Gasteiger partial charge on any atom is -0.465 e. The summed E-state index contributed by atoms with van der Waals surface area (Å²) in [5.41, 5.74) is 2.26. The van der Waals surface area contributed by atoms with Gasteiger partial charge in [-0.15, -0.1) is 0 Å². The zero-order valence-corrected chi connectivity index (χ0v) is 15.1. The van der Waals surface area contributed by atoms with E-state index in [1.807, 2.05) is 31.2 Å². The number of anilines is 1. The van der Waals surface area contributed by atoms with Crippen LogP contribution in [0.1, 0.15) is 28.9 Å². The minimum atomic E-state index is -0.386. The fourth-order valence-corrected chi connectivity index (χ4v) is 2.42. The molecule has 2 aromatic rings. The van der Waals surface area contributed by atoms with E-state index in [9.17, 15) is 9.59 Å². The molecule has 0 aliphatic heterocycles. The number of carbonyl (C=O) groups is 2. The van der Waals surface area contributed by atoms with Crippen molar-refractivity contribution >= 4 is 33.5 Å². The molecule has 6 heteroatoms. The average molecular weight is 391 g/mol. The Bertz CT molecular complexity index is 699. The lowest BCUT2D eigenvalue weighted by Gasteiger charge is -2.15. The molecule has 1 unspecified atom stereocenters. The van der Waals surface area contributed by atoms with Gasteiger partial charge in [0, 0.05) is 10.2 Å². The summed E-state index contributed by atoms with van der Waals surface area (Å²) >= 11 is 3.39. The quantitative estimate of drug-likeness (QED) is 0.740. The highest BCUT2D eigenvalue weighted by atomic mass is 79.9. The molecule has 0 fully saturated rings. The molecule has 0 radical (unpaired) electrons. The third-order valence-corrected chi connectivity index (χ3v) is 4.04. The van der Waals surface area contributed by atoms with Crippen molar-refractivity contribution in [3.63, 3.8) is 0 Å². The zero-order valence-electron chi connectivity index (χ0n) is 13.5. The van der Waals surface area contributed by atoms with Crippen molar-refractivity contribution in [2.75, 3.05) is 19.0 Å². The van der Waals surface area contributed by atoms with Crippen LogP contribution in [0.15, 0.2) is 53.0 Å². The van der Waals surface area contributed by atoms with Gasteiger partial charge in [-0.3, -0.25) is 4.79 Å². The Morgan fingerprint density at radius 1 is 1.08 bits per heavy atom. The van der Waals surface area contributed by atoms with Crippen molar-refractivity contribution in [3.05, 3.63) is 64.1 Å². The maximum Gasteiger partial charge on any atom is 0.337 e. The van der Waals surface area contributed by atoms with Crippen LogP contribution in [0.25, 0.3) is 0 Å². The molecule has 5 nitrogen and oxygen atoms in total. The summed E-state index contributed by atoms with van der Waals surface area (Å²) in [5, 5.41) is 5.96. The molecule has 0 aliphatic rings. The average Bonchev–Trinajstić information content (AvgIpc) is 2.60. The molecule has 0 aliphatic carbocycles. The van der Waals surface area contributed by atoms with Crippen LogP contribution in [0.3, 0.4) is 0 Å². The predicted molar refractivity (Wildman–Crippen MR) is 97.0 cm³/mol. The van der Waals surface area contributed by atoms with E-state index in [1.54, 1.807) is 24.3 Å². The second-order valence-corrected chi connectivity index (χ2v) is 6.18. The number of hydrogen-bond acceptors (Lipinski definition) is 4. The topological polar surface area (TPSA) is 67.4 Å². The second-order valence-electron chi connectivity index (χ2n) is 5.26. The molecule has 2 N–H and O–H groups in total. The van der Waals surface area contributed by atoms with Gasteiger partial charge in [0.05, 0.1) is 25.3 Å². The minimum absolute atomic E-state index is 0.0749. The van der Waals surface area contributed by atoms with E-state index in [1.165, 1.54) is 7.11 Å². The van der Waals surface area contributed by atoms with E-state index in [2.05, 4.69) is 31.3 Å². The molecule has 2 rings (SSSR count). The second kappa shape index (κ2) is 8.49. The Labute approximate surface area is 149 Å². The van der Waals surface area contributed by atoms with E-state index in [4.69, 9.17) is 0 Å². The number of hydrogen-bond donors (Lipinski definition) is 2. The molecule has 2 aromatic carbocycles. The van der Waals surface area contributed by atoms with Crippen molar-refractivity contribution < 1.29 is 14.3 Å². The number of carbonyl (C=O) groups excluding carboxylic acids is 2. The molecular formula is C18H19BrN2O3. The molecule has 1 atom stereocenters. The number of rotatable bonds is 6. The van der Waals surface area contributed by atoms with Crippen LogP contribution < -0.4 is 10.6 Å². The van der Waals surface area contributed by atoms with Gasteiger partial charge in [0.1, 0.15) is 0 Å². The van der Waals surface area contributed by atoms with Crippen molar-refractivity contribution in [2.24, 2.45) is 0 Å². The predicted octanol–water partition coefficient (Wildman–Crippen LogP) is 3.53. The summed E-state index contributed by atoms with van der Waals surface area (Å²) in [6.07, 6.45) is 0. The maximum absolute atomic E-state index is 12.0. The fraction of sp³-hybridized carbons (Fsp3) is 0.222. The van der Waals surface area contributed by atoms with Crippen molar-refractivity contribution in [1.82, 2.24) is 5.32 Å². The van der Waals surface area contributed by atoms with Crippen LogP contribution in [-0.2, 0) is 9.53 Å². The summed E-state index contributed by atoms with van der Waals surface area (Å²) < 4.78 is 5.64.